The Bertz CT molecular complexity index is 681. The van der Waals surface area contributed by atoms with Crippen LogP contribution in [0.2, 0.25) is 0 Å². The zero-order chi connectivity index (χ0) is 16.3. The topological polar surface area (TPSA) is 42.4 Å². The lowest BCUT2D eigenvalue weighted by molar-refractivity contribution is -0.133. The smallest absolute Gasteiger partial charge is 0.233 e. The Morgan fingerprint density at radius 2 is 1.96 bits per heavy atom. The van der Waals surface area contributed by atoms with Crippen LogP contribution < -0.4 is 4.74 Å². The lowest BCUT2D eigenvalue weighted by Crippen LogP contribution is -2.36. The number of aromatic nitrogens is 1. The van der Waals surface area contributed by atoms with Gasteiger partial charge in [-0.05, 0) is 31.4 Å². The van der Waals surface area contributed by atoms with Crippen LogP contribution in [0.5, 0.6) is 5.88 Å². The van der Waals surface area contributed by atoms with Gasteiger partial charge < -0.3 is 9.64 Å². The van der Waals surface area contributed by atoms with Crippen molar-refractivity contribution in [1.29, 1.82) is 0 Å². The molecule has 1 heterocycles. The molecule has 1 aliphatic rings. The number of ether oxygens (including phenoxy) is 1. The van der Waals surface area contributed by atoms with E-state index >= 15 is 0 Å². The fourth-order valence-corrected chi connectivity index (χ4v) is 3.01. The van der Waals surface area contributed by atoms with E-state index in [4.69, 9.17) is 4.74 Å². The van der Waals surface area contributed by atoms with Crippen LogP contribution in [0.1, 0.15) is 30.9 Å². The average Bonchev–Trinajstić information content (AvgIpc) is 3.39. The van der Waals surface area contributed by atoms with E-state index < -0.39 is 0 Å². The molecule has 4 nitrogen and oxygen atoms in total. The highest BCUT2D eigenvalue weighted by molar-refractivity contribution is 5.91. The summed E-state index contributed by atoms with van der Waals surface area (Å²) in [4.78, 5) is 19.0. The van der Waals surface area contributed by atoms with Gasteiger partial charge in [0.1, 0.15) is 0 Å². The largest absolute Gasteiger partial charge is 0.478 e. The molecule has 1 fully saturated rings. The summed E-state index contributed by atoms with van der Waals surface area (Å²) in [6.45, 7) is 3.01. The molecular weight excluding hydrogens is 288 g/mol. The zero-order valence-electron chi connectivity index (χ0n) is 13.7. The molecule has 2 aromatic rings. The minimum atomic E-state index is -0.329. The summed E-state index contributed by atoms with van der Waals surface area (Å²) in [7, 11) is 1.86. The molecule has 4 heteroatoms. The van der Waals surface area contributed by atoms with E-state index in [-0.39, 0.29) is 11.3 Å². The predicted octanol–water partition coefficient (Wildman–Crippen LogP) is 3.17. The van der Waals surface area contributed by atoms with Gasteiger partial charge in [0, 0.05) is 18.8 Å². The highest BCUT2D eigenvalue weighted by Crippen LogP contribution is 2.49. The fourth-order valence-electron chi connectivity index (χ4n) is 3.01. The van der Waals surface area contributed by atoms with Crippen molar-refractivity contribution in [2.75, 3.05) is 13.7 Å². The molecule has 0 atom stereocenters. The number of nitrogens with zero attached hydrogens (tertiary/aromatic N) is 2. The van der Waals surface area contributed by atoms with Gasteiger partial charge in [-0.1, -0.05) is 36.4 Å². The van der Waals surface area contributed by atoms with Crippen molar-refractivity contribution in [2.24, 2.45) is 0 Å². The van der Waals surface area contributed by atoms with Crippen molar-refractivity contribution in [3.63, 3.8) is 0 Å². The van der Waals surface area contributed by atoms with Crippen LogP contribution in [0.15, 0.2) is 48.7 Å². The maximum absolute atomic E-state index is 13.0. The molecule has 23 heavy (non-hydrogen) atoms. The molecule has 1 aromatic heterocycles. The number of benzene rings is 1. The second-order valence-electron chi connectivity index (χ2n) is 6.01. The number of pyridine rings is 1. The summed E-state index contributed by atoms with van der Waals surface area (Å²) in [5, 5.41) is 0. The van der Waals surface area contributed by atoms with Gasteiger partial charge in [0.05, 0.1) is 18.6 Å². The number of carbonyl (C=O) groups excluding carboxylic acids is 1. The van der Waals surface area contributed by atoms with Gasteiger partial charge in [-0.3, -0.25) is 4.79 Å². The van der Waals surface area contributed by atoms with E-state index in [1.165, 1.54) is 0 Å². The van der Waals surface area contributed by atoms with Crippen LogP contribution in [0, 0.1) is 0 Å². The van der Waals surface area contributed by atoms with E-state index in [2.05, 4.69) is 17.1 Å². The number of rotatable bonds is 6. The molecule has 0 radical (unpaired) electrons. The van der Waals surface area contributed by atoms with Crippen molar-refractivity contribution in [2.45, 2.75) is 31.7 Å². The number of hydrogen-bond donors (Lipinski definition) is 0. The monoisotopic (exact) mass is 310 g/mol. The third-order valence-corrected chi connectivity index (χ3v) is 4.37. The van der Waals surface area contributed by atoms with Crippen LogP contribution in [-0.4, -0.2) is 29.4 Å². The molecule has 0 N–H and O–H groups in total. The Morgan fingerprint density at radius 3 is 2.61 bits per heavy atom. The lowest BCUT2D eigenvalue weighted by atomic mass is 9.94. The number of likely N-dealkylation sites (N-methyl/N-ethyl adjacent to an activating group) is 1. The van der Waals surface area contributed by atoms with Gasteiger partial charge in [0.25, 0.3) is 0 Å². The standard InChI is InChI=1S/C19H22N2O2/c1-3-23-17-15(8-7-13-20-17)14-21(2)18(22)19(11-12-19)16-9-5-4-6-10-16/h4-10,13H,3,11-12,14H2,1-2H3. The second kappa shape index (κ2) is 6.41. The molecule has 1 amide bonds. The Kier molecular flexibility index (Phi) is 4.33. The van der Waals surface area contributed by atoms with Crippen molar-refractivity contribution in [1.82, 2.24) is 9.88 Å². The van der Waals surface area contributed by atoms with Gasteiger partial charge in [-0.25, -0.2) is 4.98 Å². The molecule has 120 valence electrons. The Balaban J connectivity index is 1.76. The van der Waals surface area contributed by atoms with Gasteiger partial charge in [0.2, 0.25) is 11.8 Å². The van der Waals surface area contributed by atoms with Crippen LogP contribution in [0.3, 0.4) is 0 Å². The summed E-state index contributed by atoms with van der Waals surface area (Å²) in [6.07, 6.45) is 3.56. The van der Waals surface area contributed by atoms with Crippen molar-refractivity contribution < 1.29 is 9.53 Å². The minimum absolute atomic E-state index is 0.176. The van der Waals surface area contributed by atoms with Gasteiger partial charge >= 0.3 is 0 Å². The highest BCUT2D eigenvalue weighted by atomic mass is 16.5. The third-order valence-electron chi connectivity index (χ3n) is 4.37. The Labute approximate surface area is 137 Å². The molecule has 1 aliphatic carbocycles. The van der Waals surface area contributed by atoms with Crippen LogP contribution >= 0.6 is 0 Å². The SMILES string of the molecule is CCOc1ncccc1CN(C)C(=O)C1(c2ccccc2)CC1. The summed E-state index contributed by atoms with van der Waals surface area (Å²) in [6, 6.07) is 13.9. The first-order chi connectivity index (χ1) is 11.2. The normalized spacial score (nSPS) is 15.0. The summed E-state index contributed by atoms with van der Waals surface area (Å²) in [5.74, 6) is 0.786. The molecule has 0 unspecified atom stereocenters. The molecular formula is C19H22N2O2. The maximum Gasteiger partial charge on any atom is 0.233 e. The van der Waals surface area contributed by atoms with E-state index in [1.807, 2.05) is 44.3 Å². The lowest BCUT2D eigenvalue weighted by Gasteiger charge is -2.24. The zero-order valence-corrected chi connectivity index (χ0v) is 13.7. The van der Waals surface area contributed by atoms with Gasteiger partial charge in [0.15, 0.2) is 0 Å². The van der Waals surface area contributed by atoms with Gasteiger partial charge in [-0.2, -0.15) is 0 Å². The molecule has 0 spiro atoms. The Hall–Kier alpha value is -2.36. The summed E-state index contributed by atoms with van der Waals surface area (Å²) >= 11 is 0. The molecule has 1 saturated carbocycles. The molecule has 0 saturated heterocycles. The molecule has 1 aromatic carbocycles. The first-order valence-corrected chi connectivity index (χ1v) is 8.05. The van der Waals surface area contributed by atoms with E-state index in [9.17, 15) is 4.79 Å². The van der Waals surface area contributed by atoms with Crippen LogP contribution in [0.4, 0.5) is 0 Å². The number of carbonyl (C=O) groups is 1. The van der Waals surface area contributed by atoms with Crippen LogP contribution in [0.25, 0.3) is 0 Å². The van der Waals surface area contributed by atoms with E-state index in [0.717, 1.165) is 24.0 Å². The van der Waals surface area contributed by atoms with E-state index in [0.29, 0.717) is 19.0 Å². The number of amides is 1. The Morgan fingerprint density at radius 1 is 1.22 bits per heavy atom. The summed E-state index contributed by atoms with van der Waals surface area (Å²) in [5.41, 5.74) is 1.73. The van der Waals surface area contributed by atoms with Crippen molar-refractivity contribution >= 4 is 5.91 Å². The fraction of sp³-hybridized carbons (Fsp3) is 0.368. The van der Waals surface area contributed by atoms with E-state index in [1.54, 1.807) is 11.1 Å². The first-order valence-electron chi connectivity index (χ1n) is 8.05. The van der Waals surface area contributed by atoms with Crippen molar-refractivity contribution in [3.8, 4) is 5.88 Å². The average molecular weight is 310 g/mol. The minimum Gasteiger partial charge on any atom is -0.478 e. The second-order valence-corrected chi connectivity index (χ2v) is 6.01. The molecule has 0 bridgehead atoms. The highest BCUT2D eigenvalue weighted by Gasteiger charge is 2.52. The van der Waals surface area contributed by atoms with Crippen molar-refractivity contribution in [3.05, 3.63) is 59.8 Å². The molecule has 0 aliphatic heterocycles. The maximum atomic E-state index is 13.0. The third kappa shape index (κ3) is 3.07. The molecule has 3 rings (SSSR count). The first kappa shape index (κ1) is 15.5. The summed E-state index contributed by atoms with van der Waals surface area (Å²) < 4.78 is 5.55. The predicted molar refractivity (Wildman–Crippen MR) is 89.2 cm³/mol. The van der Waals surface area contributed by atoms with Crippen LogP contribution in [-0.2, 0) is 16.8 Å². The quantitative estimate of drug-likeness (QED) is 0.823. The van der Waals surface area contributed by atoms with Gasteiger partial charge in [-0.15, -0.1) is 0 Å². The number of hydrogen-bond acceptors (Lipinski definition) is 3.